The molecule has 3 rings (SSSR count). The Bertz CT molecular complexity index is 613. The van der Waals surface area contributed by atoms with E-state index in [1.54, 1.807) is 12.4 Å². The number of aromatic nitrogens is 1. The van der Waals surface area contributed by atoms with Crippen LogP contribution in [0.5, 0.6) is 5.75 Å². The van der Waals surface area contributed by atoms with Crippen LogP contribution in [-0.2, 0) is 4.79 Å². The number of hydrogen-bond donors (Lipinski definition) is 2. The first-order chi connectivity index (χ1) is 9.24. The van der Waals surface area contributed by atoms with E-state index in [0.29, 0.717) is 11.4 Å². The van der Waals surface area contributed by atoms with Crippen LogP contribution in [0.1, 0.15) is 17.2 Å². The van der Waals surface area contributed by atoms with Crippen LogP contribution in [0.15, 0.2) is 42.7 Å². The Balaban J connectivity index is 1.94. The third kappa shape index (κ3) is 2.28. The Hall–Kier alpha value is -2.40. The molecule has 1 aromatic carbocycles. The van der Waals surface area contributed by atoms with Gasteiger partial charge >= 0.3 is 0 Å². The van der Waals surface area contributed by atoms with E-state index in [2.05, 4.69) is 10.3 Å². The smallest absolute Gasteiger partial charge is 0.262 e. The van der Waals surface area contributed by atoms with E-state index in [1.807, 2.05) is 30.3 Å². The van der Waals surface area contributed by atoms with Gasteiger partial charge in [0.2, 0.25) is 0 Å². The van der Waals surface area contributed by atoms with Gasteiger partial charge in [-0.15, -0.1) is 0 Å². The highest BCUT2D eigenvalue weighted by Crippen LogP contribution is 2.31. The highest BCUT2D eigenvalue weighted by atomic mass is 16.5. The average molecular weight is 255 g/mol. The standard InChI is InChI=1S/C14H13N3O2/c15-14(9-3-5-16-6-4-9)10-1-2-12-11(7-10)17-13(18)8-19-12/h1-7,14H,8,15H2,(H,17,18). The van der Waals surface area contributed by atoms with E-state index in [1.165, 1.54) is 0 Å². The maximum atomic E-state index is 11.3. The number of nitrogens with zero attached hydrogens (tertiary/aromatic N) is 1. The van der Waals surface area contributed by atoms with Crippen molar-refractivity contribution in [2.75, 3.05) is 11.9 Å². The number of benzene rings is 1. The molecule has 1 aliphatic rings. The number of nitrogens with two attached hydrogens (primary N) is 1. The molecule has 1 unspecified atom stereocenters. The fourth-order valence-electron chi connectivity index (χ4n) is 2.06. The zero-order chi connectivity index (χ0) is 13.2. The molecule has 1 aromatic heterocycles. The Labute approximate surface area is 110 Å². The fourth-order valence-corrected chi connectivity index (χ4v) is 2.06. The first kappa shape index (κ1) is 11.7. The van der Waals surface area contributed by atoms with E-state index in [9.17, 15) is 4.79 Å². The molecule has 1 aliphatic heterocycles. The number of ether oxygens (including phenoxy) is 1. The first-order valence-electron chi connectivity index (χ1n) is 5.96. The van der Waals surface area contributed by atoms with Crippen molar-refractivity contribution in [3.63, 3.8) is 0 Å². The molecular formula is C14H13N3O2. The molecule has 19 heavy (non-hydrogen) atoms. The number of carbonyl (C=O) groups is 1. The van der Waals surface area contributed by atoms with E-state index in [-0.39, 0.29) is 18.6 Å². The number of pyridine rings is 1. The van der Waals surface area contributed by atoms with Gasteiger partial charge in [0.25, 0.3) is 5.91 Å². The summed E-state index contributed by atoms with van der Waals surface area (Å²) in [5, 5.41) is 2.77. The number of fused-ring (bicyclic) bond motifs is 1. The van der Waals surface area contributed by atoms with Gasteiger partial charge in [0.15, 0.2) is 6.61 Å². The summed E-state index contributed by atoms with van der Waals surface area (Å²) in [6, 6.07) is 9.06. The zero-order valence-corrected chi connectivity index (χ0v) is 10.2. The molecule has 5 nitrogen and oxygen atoms in total. The highest BCUT2D eigenvalue weighted by molar-refractivity contribution is 5.95. The predicted octanol–water partition coefficient (Wildman–Crippen LogP) is 1.46. The molecule has 2 aromatic rings. The molecule has 0 saturated carbocycles. The van der Waals surface area contributed by atoms with Crippen molar-refractivity contribution in [3.05, 3.63) is 53.9 Å². The van der Waals surface area contributed by atoms with Crippen LogP contribution >= 0.6 is 0 Å². The summed E-state index contributed by atoms with van der Waals surface area (Å²) in [5.74, 6) is 0.521. The fraction of sp³-hybridized carbons (Fsp3) is 0.143. The molecule has 0 aliphatic carbocycles. The van der Waals surface area contributed by atoms with E-state index < -0.39 is 0 Å². The van der Waals surface area contributed by atoms with Crippen molar-refractivity contribution in [2.24, 2.45) is 5.73 Å². The summed E-state index contributed by atoms with van der Waals surface area (Å²) in [5.41, 5.74) is 8.75. The lowest BCUT2D eigenvalue weighted by molar-refractivity contribution is -0.118. The van der Waals surface area contributed by atoms with Crippen molar-refractivity contribution in [3.8, 4) is 5.75 Å². The second-order valence-corrected chi connectivity index (χ2v) is 4.35. The summed E-state index contributed by atoms with van der Waals surface area (Å²) in [7, 11) is 0. The van der Waals surface area contributed by atoms with Gasteiger partial charge in [-0.3, -0.25) is 9.78 Å². The second kappa shape index (κ2) is 4.70. The monoisotopic (exact) mass is 255 g/mol. The minimum absolute atomic E-state index is 0.0583. The summed E-state index contributed by atoms with van der Waals surface area (Å²) < 4.78 is 5.31. The molecule has 96 valence electrons. The molecule has 5 heteroatoms. The predicted molar refractivity (Wildman–Crippen MR) is 70.8 cm³/mol. The van der Waals surface area contributed by atoms with Gasteiger partial charge < -0.3 is 15.8 Å². The highest BCUT2D eigenvalue weighted by Gasteiger charge is 2.18. The van der Waals surface area contributed by atoms with E-state index in [4.69, 9.17) is 10.5 Å². The van der Waals surface area contributed by atoms with Crippen molar-refractivity contribution < 1.29 is 9.53 Å². The van der Waals surface area contributed by atoms with Gasteiger partial charge in [0, 0.05) is 12.4 Å². The number of anilines is 1. The molecular weight excluding hydrogens is 242 g/mol. The van der Waals surface area contributed by atoms with Crippen LogP contribution in [0.4, 0.5) is 5.69 Å². The molecule has 1 amide bonds. The van der Waals surface area contributed by atoms with Gasteiger partial charge in [-0.2, -0.15) is 0 Å². The molecule has 3 N–H and O–H groups in total. The topological polar surface area (TPSA) is 77.2 Å². The van der Waals surface area contributed by atoms with Gasteiger partial charge in [-0.05, 0) is 35.4 Å². The third-order valence-corrected chi connectivity index (χ3v) is 3.06. The number of amides is 1. The lowest BCUT2D eigenvalue weighted by atomic mass is 9.99. The largest absolute Gasteiger partial charge is 0.482 e. The molecule has 2 heterocycles. The minimum atomic E-state index is -0.257. The Kier molecular flexibility index (Phi) is 2.89. The minimum Gasteiger partial charge on any atom is -0.482 e. The summed E-state index contributed by atoms with van der Waals surface area (Å²) >= 11 is 0. The van der Waals surface area contributed by atoms with Crippen molar-refractivity contribution in [1.29, 1.82) is 0 Å². The third-order valence-electron chi connectivity index (χ3n) is 3.06. The van der Waals surface area contributed by atoms with Crippen LogP contribution in [0.2, 0.25) is 0 Å². The number of carbonyl (C=O) groups excluding carboxylic acids is 1. The summed E-state index contributed by atoms with van der Waals surface area (Å²) in [6.07, 6.45) is 3.41. The maximum Gasteiger partial charge on any atom is 0.262 e. The molecule has 1 atom stereocenters. The lowest BCUT2D eigenvalue weighted by Crippen LogP contribution is -2.25. The SMILES string of the molecule is NC(c1ccncc1)c1ccc2c(c1)NC(=O)CO2. The van der Waals surface area contributed by atoms with Gasteiger partial charge in [0.1, 0.15) is 5.75 Å². The van der Waals surface area contributed by atoms with E-state index >= 15 is 0 Å². The van der Waals surface area contributed by atoms with Crippen LogP contribution in [0.3, 0.4) is 0 Å². The van der Waals surface area contributed by atoms with Crippen molar-refractivity contribution >= 4 is 11.6 Å². The molecule has 0 fully saturated rings. The van der Waals surface area contributed by atoms with Crippen LogP contribution < -0.4 is 15.8 Å². The number of rotatable bonds is 2. The molecule has 0 spiro atoms. The number of hydrogen-bond acceptors (Lipinski definition) is 4. The van der Waals surface area contributed by atoms with Gasteiger partial charge in [0.05, 0.1) is 11.7 Å². The normalized spacial score (nSPS) is 15.1. The Morgan fingerprint density at radius 2 is 2.00 bits per heavy atom. The molecule has 0 bridgehead atoms. The Morgan fingerprint density at radius 3 is 2.79 bits per heavy atom. The second-order valence-electron chi connectivity index (χ2n) is 4.35. The van der Waals surface area contributed by atoms with Crippen LogP contribution in [0, 0.1) is 0 Å². The first-order valence-corrected chi connectivity index (χ1v) is 5.96. The van der Waals surface area contributed by atoms with Crippen molar-refractivity contribution in [2.45, 2.75) is 6.04 Å². The van der Waals surface area contributed by atoms with Crippen LogP contribution in [-0.4, -0.2) is 17.5 Å². The molecule has 0 radical (unpaired) electrons. The lowest BCUT2D eigenvalue weighted by Gasteiger charge is -2.20. The van der Waals surface area contributed by atoms with Gasteiger partial charge in [-0.25, -0.2) is 0 Å². The molecule has 0 saturated heterocycles. The zero-order valence-electron chi connectivity index (χ0n) is 10.2. The van der Waals surface area contributed by atoms with Gasteiger partial charge in [-0.1, -0.05) is 6.07 Å². The average Bonchev–Trinajstić information content (AvgIpc) is 2.46. The summed E-state index contributed by atoms with van der Waals surface area (Å²) in [4.78, 5) is 15.3. The van der Waals surface area contributed by atoms with Crippen LogP contribution in [0.25, 0.3) is 0 Å². The summed E-state index contributed by atoms with van der Waals surface area (Å²) in [6.45, 7) is 0.0583. The Morgan fingerprint density at radius 1 is 1.21 bits per heavy atom. The van der Waals surface area contributed by atoms with E-state index in [0.717, 1.165) is 11.1 Å². The van der Waals surface area contributed by atoms with Crippen molar-refractivity contribution in [1.82, 2.24) is 4.98 Å². The maximum absolute atomic E-state index is 11.3. The quantitative estimate of drug-likeness (QED) is 0.851. The number of nitrogens with one attached hydrogen (secondary N) is 1.